The Morgan fingerprint density at radius 3 is 2.38 bits per heavy atom. The van der Waals surface area contributed by atoms with Crippen molar-refractivity contribution in [2.45, 2.75) is 13.8 Å². The fourth-order valence-corrected chi connectivity index (χ4v) is 1.11. The summed E-state index contributed by atoms with van der Waals surface area (Å²) in [6, 6.07) is 0. The van der Waals surface area contributed by atoms with Crippen molar-refractivity contribution in [3.05, 3.63) is 48.7 Å². The second-order valence-corrected chi connectivity index (χ2v) is 2.62. The van der Waals surface area contributed by atoms with Crippen LogP contribution in [0.15, 0.2) is 48.7 Å². The second-order valence-electron chi connectivity index (χ2n) is 2.62. The fraction of sp³-hybridized carbons (Fsp3) is 0.333. The summed E-state index contributed by atoms with van der Waals surface area (Å²) in [4.78, 5) is 2.12. The summed E-state index contributed by atoms with van der Waals surface area (Å²) in [7, 11) is 2.04. The molecule has 0 bridgehead atoms. The molecule has 1 heteroatoms. The molecule has 0 fully saturated rings. The van der Waals surface area contributed by atoms with Gasteiger partial charge < -0.3 is 4.90 Å². The van der Waals surface area contributed by atoms with Crippen LogP contribution in [0.4, 0.5) is 0 Å². The van der Waals surface area contributed by atoms with Crippen LogP contribution < -0.4 is 0 Å². The molecule has 0 unspecified atom stereocenters. The van der Waals surface area contributed by atoms with Gasteiger partial charge in [-0.2, -0.15) is 0 Å². The molecule has 0 spiro atoms. The third-order valence-electron chi connectivity index (χ3n) is 1.77. The van der Waals surface area contributed by atoms with E-state index in [9.17, 15) is 0 Å². The van der Waals surface area contributed by atoms with Crippen LogP contribution in [-0.4, -0.2) is 18.5 Å². The van der Waals surface area contributed by atoms with E-state index in [-0.39, 0.29) is 0 Å². The number of hydrogen-bond acceptors (Lipinski definition) is 1. The molecule has 1 heterocycles. The van der Waals surface area contributed by atoms with Gasteiger partial charge in [0.15, 0.2) is 0 Å². The van der Waals surface area contributed by atoms with Crippen LogP contribution in [0.2, 0.25) is 0 Å². The van der Waals surface area contributed by atoms with Gasteiger partial charge in [0.25, 0.3) is 0 Å². The van der Waals surface area contributed by atoms with E-state index in [1.165, 1.54) is 11.1 Å². The topological polar surface area (TPSA) is 3.24 Å². The first kappa shape index (κ1) is 11.8. The monoisotopic (exact) mass is 177 g/mol. The van der Waals surface area contributed by atoms with Gasteiger partial charge in [-0.1, -0.05) is 39.2 Å². The molecule has 0 aromatic carbocycles. The molecule has 0 aromatic heterocycles. The van der Waals surface area contributed by atoms with Crippen molar-refractivity contribution < 1.29 is 0 Å². The molecule has 0 N–H and O–H groups in total. The van der Waals surface area contributed by atoms with Gasteiger partial charge in [-0.15, -0.1) is 0 Å². The predicted octanol–water partition coefficient (Wildman–Crippen LogP) is 3.14. The van der Waals surface area contributed by atoms with E-state index in [0.29, 0.717) is 0 Å². The lowest BCUT2D eigenvalue weighted by atomic mass is 10.1. The summed E-state index contributed by atoms with van der Waals surface area (Å²) in [5.41, 5.74) is 2.42. The molecular formula is C12H19N. The van der Waals surface area contributed by atoms with Crippen molar-refractivity contribution in [3.63, 3.8) is 0 Å². The maximum Gasteiger partial charge on any atom is 0.0426 e. The lowest BCUT2D eigenvalue weighted by molar-refractivity contribution is 0.493. The zero-order valence-electron chi connectivity index (χ0n) is 8.88. The molecule has 1 aliphatic rings. The minimum Gasteiger partial charge on any atom is -0.376 e. The van der Waals surface area contributed by atoms with Crippen LogP contribution in [0, 0.1) is 0 Å². The molecule has 0 saturated carbocycles. The highest BCUT2D eigenvalue weighted by Gasteiger charge is 2.04. The lowest BCUT2D eigenvalue weighted by Crippen LogP contribution is -2.17. The SMILES string of the molecule is C=CC1=C(C=C)CN(C)C=C1.CC. The van der Waals surface area contributed by atoms with E-state index in [1.54, 1.807) is 0 Å². The first-order valence-corrected chi connectivity index (χ1v) is 4.64. The third-order valence-corrected chi connectivity index (χ3v) is 1.77. The highest BCUT2D eigenvalue weighted by Crippen LogP contribution is 2.14. The fourth-order valence-electron chi connectivity index (χ4n) is 1.11. The smallest absolute Gasteiger partial charge is 0.0426 e. The van der Waals surface area contributed by atoms with Crippen molar-refractivity contribution in [2.75, 3.05) is 13.6 Å². The van der Waals surface area contributed by atoms with Crippen LogP contribution >= 0.6 is 0 Å². The zero-order chi connectivity index (χ0) is 10.3. The summed E-state index contributed by atoms with van der Waals surface area (Å²) < 4.78 is 0. The Morgan fingerprint density at radius 2 is 1.92 bits per heavy atom. The van der Waals surface area contributed by atoms with Gasteiger partial charge >= 0.3 is 0 Å². The van der Waals surface area contributed by atoms with E-state index < -0.39 is 0 Å². The molecule has 0 atom stereocenters. The summed E-state index contributed by atoms with van der Waals surface area (Å²) in [6.07, 6.45) is 7.84. The average Bonchev–Trinajstić information content (AvgIpc) is 2.20. The van der Waals surface area contributed by atoms with Crippen LogP contribution in [0.5, 0.6) is 0 Å². The Labute approximate surface area is 81.8 Å². The molecule has 72 valence electrons. The largest absolute Gasteiger partial charge is 0.376 e. The molecular weight excluding hydrogens is 158 g/mol. The van der Waals surface area contributed by atoms with Gasteiger partial charge in [-0.05, 0) is 23.4 Å². The summed E-state index contributed by atoms with van der Waals surface area (Å²) in [5.74, 6) is 0. The predicted molar refractivity (Wildman–Crippen MR) is 60.5 cm³/mol. The van der Waals surface area contributed by atoms with Gasteiger partial charge in [0, 0.05) is 13.6 Å². The van der Waals surface area contributed by atoms with Crippen molar-refractivity contribution in [2.24, 2.45) is 0 Å². The molecule has 0 amide bonds. The van der Waals surface area contributed by atoms with Crippen molar-refractivity contribution >= 4 is 0 Å². The Kier molecular flexibility index (Phi) is 5.69. The van der Waals surface area contributed by atoms with Crippen molar-refractivity contribution in [1.82, 2.24) is 4.90 Å². The lowest BCUT2D eigenvalue weighted by Gasteiger charge is -2.20. The van der Waals surface area contributed by atoms with Gasteiger partial charge in [0.05, 0.1) is 0 Å². The molecule has 1 aliphatic heterocycles. The normalized spacial score (nSPS) is 14.8. The first-order chi connectivity index (χ1) is 6.27. The van der Waals surface area contributed by atoms with E-state index in [0.717, 1.165) is 6.54 Å². The Balaban J connectivity index is 0.000000671. The van der Waals surface area contributed by atoms with Gasteiger partial charge in [0.2, 0.25) is 0 Å². The molecule has 0 aromatic rings. The second kappa shape index (κ2) is 6.30. The first-order valence-electron chi connectivity index (χ1n) is 4.64. The Morgan fingerprint density at radius 1 is 1.31 bits per heavy atom. The number of rotatable bonds is 2. The minimum absolute atomic E-state index is 0.932. The van der Waals surface area contributed by atoms with E-state index in [4.69, 9.17) is 0 Å². The Hall–Kier alpha value is -1.24. The quantitative estimate of drug-likeness (QED) is 0.626. The van der Waals surface area contributed by atoms with Crippen LogP contribution in [-0.2, 0) is 0 Å². The maximum atomic E-state index is 3.75. The van der Waals surface area contributed by atoms with Crippen LogP contribution in [0.25, 0.3) is 0 Å². The molecule has 1 rings (SSSR count). The molecule has 0 radical (unpaired) electrons. The standard InChI is InChI=1S/C10H13N.C2H6/c1-4-9-6-7-11(3)8-10(9)5-2;1-2/h4-7H,1-2,8H2,3H3;1-2H3. The van der Waals surface area contributed by atoms with Crippen LogP contribution in [0.1, 0.15) is 13.8 Å². The van der Waals surface area contributed by atoms with E-state index >= 15 is 0 Å². The van der Waals surface area contributed by atoms with Crippen molar-refractivity contribution in [1.29, 1.82) is 0 Å². The summed E-state index contributed by atoms with van der Waals surface area (Å²) in [6.45, 7) is 12.4. The zero-order valence-corrected chi connectivity index (χ0v) is 8.88. The minimum atomic E-state index is 0.932. The molecule has 0 aliphatic carbocycles. The number of hydrogen-bond donors (Lipinski definition) is 0. The van der Waals surface area contributed by atoms with Gasteiger partial charge in [-0.3, -0.25) is 0 Å². The van der Waals surface area contributed by atoms with E-state index in [1.807, 2.05) is 45.3 Å². The Bertz CT molecular complexity index is 234. The van der Waals surface area contributed by atoms with Crippen LogP contribution in [0.3, 0.4) is 0 Å². The summed E-state index contributed by atoms with van der Waals surface area (Å²) >= 11 is 0. The van der Waals surface area contributed by atoms with Gasteiger partial charge in [0.1, 0.15) is 0 Å². The number of allylic oxidation sites excluding steroid dienone is 3. The molecule has 13 heavy (non-hydrogen) atoms. The van der Waals surface area contributed by atoms with Crippen molar-refractivity contribution in [3.8, 4) is 0 Å². The number of nitrogens with zero attached hydrogens (tertiary/aromatic N) is 1. The third kappa shape index (κ3) is 3.32. The van der Waals surface area contributed by atoms with E-state index in [2.05, 4.69) is 18.1 Å². The average molecular weight is 177 g/mol. The maximum absolute atomic E-state index is 3.75. The highest BCUT2D eigenvalue weighted by atomic mass is 15.1. The highest BCUT2D eigenvalue weighted by molar-refractivity contribution is 5.42. The van der Waals surface area contributed by atoms with Gasteiger partial charge in [-0.25, -0.2) is 0 Å². The number of likely N-dealkylation sites (N-methyl/N-ethyl adjacent to an activating group) is 1. The summed E-state index contributed by atoms with van der Waals surface area (Å²) in [5, 5.41) is 0. The molecule has 1 nitrogen and oxygen atoms in total. The molecule has 0 saturated heterocycles.